The van der Waals surface area contributed by atoms with Crippen molar-refractivity contribution in [2.24, 2.45) is 0 Å². The Morgan fingerprint density at radius 1 is 1.21 bits per heavy atom. The fourth-order valence-corrected chi connectivity index (χ4v) is 3.66. The van der Waals surface area contributed by atoms with Crippen LogP contribution in [0.2, 0.25) is 0 Å². The van der Waals surface area contributed by atoms with Gasteiger partial charge in [-0.3, -0.25) is 9.48 Å². The van der Waals surface area contributed by atoms with Gasteiger partial charge in [-0.25, -0.2) is 4.79 Å². The molecular formula is C21H25N3O4. The molecule has 0 spiro atoms. The number of carbonyl (C=O) groups is 2. The van der Waals surface area contributed by atoms with E-state index in [1.54, 1.807) is 0 Å². The Kier molecular flexibility index (Phi) is 6.26. The lowest BCUT2D eigenvalue weighted by molar-refractivity contribution is -0.143. The smallest absolute Gasteiger partial charge is 0.329 e. The lowest BCUT2D eigenvalue weighted by Crippen LogP contribution is -2.35. The van der Waals surface area contributed by atoms with Crippen molar-refractivity contribution >= 4 is 11.9 Å². The average Bonchev–Trinajstić information content (AvgIpc) is 3.19. The maximum Gasteiger partial charge on any atom is 0.329 e. The Balaban J connectivity index is 1.60. The normalized spacial score (nSPS) is 18.4. The van der Waals surface area contributed by atoms with Crippen molar-refractivity contribution in [1.29, 1.82) is 0 Å². The largest absolute Gasteiger partial charge is 0.480 e. The van der Waals surface area contributed by atoms with E-state index in [0.29, 0.717) is 0 Å². The standard InChI is InChI=1S/C21H25N3O4/c1-14-21(15(2)24(23-14)11-16-6-4-3-5-7-16)17-8-9-18(10-17)22-19(25)12-28-13-20(26)27/h3-9,17-18H,10-13H2,1-2H3,(H,22,25)(H,26,27). The van der Waals surface area contributed by atoms with Crippen molar-refractivity contribution < 1.29 is 19.4 Å². The molecule has 2 aromatic rings. The predicted octanol–water partition coefficient (Wildman–Crippen LogP) is 2.18. The minimum atomic E-state index is -1.09. The number of ether oxygens (including phenoxy) is 1. The maximum absolute atomic E-state index is 11.9. The van der Waals surface area contributed by atoms with E-state index >= 15 is 0 Å². The third-order valence-corrected chi connectivity index (χ3v) is 4.87. The SMILES string of the molecule is Cc1nn(Cc2ccccc2)c(C)c1C1C=CC(NC(=O)COCC(=O)O)C1. The van der Waals surface area contributed by atoms with Crippen LogP contribution in [-0.4, -0.2) is 46.0 Å². The van der Waals surface area contributed by atoms with Gasteiger partial charge in [0.05, 0.1) is 12.2 Å². The molecule has 1 aromatic heterocycles. The zero-order valence-electron chi connectivity index (χ0n) is 16.1. The van der Waals surface area contributed by atoms with E-state index in [-0.39, 0.29) is 24.5 Å². The summed E-state index contributed by atoms with van der Waals surface area (Å²) in [4.78, 5) is 22.3. The number of hydrogen-bond donors (Lipinski definition) is 2. The molecule has 28 heavy (non-hydrogen) atoms. The summed E-state index contributed by atoms with van der Waals surface area (Å²) in [5.74, 6) is -1.22. The fraction of sp³-hybridized carbons (Fsp3) is 0.381. The Hall–Kier alpha value is -2.93. The molecule has 2 atom stereocenters. The predicted molar refractivity (Wildman–Crippen MR) is 104 cm³/mol. The maximum atomic E-state index is 11.9. The first-order valence-corrected chi connectivity index (χ1v) is 9.29. The summed E-state index contributed by atoms with van der Waals surface area (Å²) in [5.41, 5.74) is 4.53. The highest BCUT2D eigenvalue weighted by Gasteiger charge is 2.26. The Bertz CT molecular complexity index is 873. The lowest BCUT2D eigenvalue weighted by atomic mass is 9.96. The zero-order valence-corrected chi connectivity index (χ0v) is 16.1. The number of benzene rings is 1. The van der Waals surface area contributed by atoms with Crippen LogP contribution in [0.15, 0.2) is 42.5 Å². The van der Waals surface area contributed by atoms with Crippen LogP contribution in [0, 0.1) is 13.8 Å². The number of carboxylic acid groups (broad SMARTS) is 1. The number of carbonyl (C=O) groups excluding carboxylic acids is 1. The molecular weight excluding hydrogens is 358 g/mol. The van der Waals surface area contributed by atoms with E-state index < -0.39 is 12.6 Å². The van der Waals surface area contributed by atoms with Crippen molar-refractivity contribution in [3.05, 3.63) is 65.0 Å². The van der Waals surface area contributed by atoms with Crippen LogP contribution in [0.4, 0.5) is 0 Å². The number of nitrogens with one attached hydrogen (secondary N) is 1. The minimum absolute atomic E-state index is 0.0952. The number of rotatable bonds is 8. The van der Waals surface area contributed by atoms with Gasteiger partial charge in [-0.05, 0) is 25.8 Å². The first-order chi connectivity index (χ1) is 13.4. The highest BCUT2D eigenvalue weighted by molar-refractivity contribution is 5.78. The van der Waals surface area contributed by atoms with Crippen molar-refractivity contribution in [2.75, 3.05) is 13.2 Å². The highest BCUT2D eigenvalue weighted by Crippen LogP contribution is 2.33. The number of allylic oxidation sites excluding steroid dienone is 1. The van der Waals surface area contributed by atoms with E-state index in [9.17, 15) is 9.59 Å². The molecule has 0 saturated heterocycles. The van der Waals surface area contributed by atoms with Crippen molar-refractivity contribution in [3.63, 3.8) is 0 Å². The van der Waals surface area contributed by atoms with Gasteiger partial charge >= 0.3 is 5.97 Å². The van der Waals surface area contributed by atoms with Crippen molar-refractivity contribution in [2.45, 2.75) is 38.8 Å². The summed E-state index contributed by atoms with van der Waals surface area (Å²) in [6.07, 6.45) is 4.84. The van der Waals surface area contributed by atoms with Gasteiger partial charge < -0.3 is 15.2 Å². The lowest BCUT2D eigenvalue weighted by Gasteiger charge is -2.15. The molecule has 0 aliphatic heterocycles. The summed E-state index contributed by atoms with van der Waals surface area (Å²) in [7, 11) is 0. The molecule has 3 rings (SSSR count). The Morgan fingerprint density at radius 3 is 2.68 bits per heavy atom. The number of aromatic nitrogens is 2. The third-order valence-electron chi connectivity index (χ3n) is 4.87. The number of aryl methyl sites for hydroxylation is 1. The van der Waals surface area contributed by atoms with Crippen LogP contribution in [-0.2, 0) is 20.9 Å². The Labute approximate surface area is 164 Å². The molecule has 2 N–H and O–H groups in total. The summed E-state index contributed by atoms with van der Waals surface area (Å²) in [6.45, 7) is 4.09. The fourth-order valence-electron chi connectivity index (χ4n) is 3.66. The third kappa shape index (κ3) is 4.86. The quantitative estimate of drug-likeness (QED) is 0.682. The van der Waals surface area contributed by atoms with Crippen LogP contribution in [0.25, 0.3) is 0 Å². The van der Waals surface area contributed by atoms with E-state index in [1.165, 1.54) is 11.1 Å². The summed E-state index contributed by atoms with van der Waals surface area (Å²) >= 11 is 0. The van der Waals surface area contributed by atoms with Crippen LogP contribution < -0.4 is 5.32 Å². The second kappa shape index (κ2) is 8.84. The van der Waals surface area contributed by atoms with E-state index in [4.69, 9.17) is 14.9 Å². The van der Waals surface area contributed by atoms with Gasteiger partial charge in [-0.2, -0.15) is 5.10 Å². The zero-order chi connectivity index (χ0) is 20.1. The molecule has 1 aromatic carbocycles. The van der Waals surface area contributed by atoms with Gasteiger partial charge in [-0.15, -0.1) is 0 Å². The van der Waals surface area contributed by atoms with Gasteiger partial charge in [0.2, 0.25) is 5.91 Å². The number of aliphatic carboxylic acids is 1. The first kappa shape index (κ1) is 19.8. The molecule has 148 valence electrons. The highest BCUT2D eigenvalue weighted by atomic mass is 16.5. The first-order valence-electron chi connectivity index (χ1n) is 9.29. The van der Waals surface area contributed by atoms with Gasteiger partial charge in [-0.1, -0.05) is 42.5 Å². The van der Waals surface area contributed by atoms with E-state index in [1.807, 2.05) is 35.9 Å². The van der Waals surface area contributed by atoms with Gasteiger partial charge in [0.25, 0.3) is 0 Å². The molecule has 0 fully saturated rings. The number of amides is 1. The molecule has 1 aliphatic rings. The van der Waals surface area contributed by atoms with Gasteiger partial charge in [0.15, 0.2) is 0 Å². The summed E-state index contributed by atoms with van der Waals surface area (Å²) in [6, 6.07) is 10.1. The van der Waals surface area contributed by atoms with Crippen molar-refractivity contribution in [3.8, 4) is 0 Å². The molecule has 1 heterocycles. The summed E-state index contributed by atoms with van der Waals surface area (Å²) in [5, 5.41) is 16.1. The van der Waals surface area contributed by atoms with E-state index in [0.717, 1.165) is 24.4 Å². The monoisotopic (exact) mass is 383 g/mol. The molecule has 0 radical (unpaired) electrons. The second-order valence-corrected chi connectivity index (χ2v) is 7.02. The topological polar surface area (TPSA) is 93.5 Å². The number of hydrogen-bond acceptors (Lipinski definition) is 4. The molecule has 7 heteroatoms. The molecule has 7 nitrogen and oxygen atoms in total. The average molecular weight is 383 g/mol. The van der Waals surface area contributed by atoms with Crippen LogP contribution in [0.1, 0.15) is 34.9 Å². The van der Waals surface area contributed by atoms with Gasteiger partial charge in [0.1, 0.15) is 13.2 Å². The van der Waals surface area contributed by atoms with Crippen LogP contribution in [0.5, 0.6) is 0 Å². The van der Waals surface area contributed by atoms with Gasteiger partial charge in [0, 0.05) is 23.2 Å². The summed E-state index contributed by atoms with van der Waals surface area (Å²) < 4.78 is 6.86. The second-order valence-electron chi connectivity index (χ2n) is 7.02. The van der Waals surface area contributed by atoms with Crippen molar-refractivity contribution in [1.82, 2.24) is 15.1 Å². The molecule has 0 saturated carbocycles. The number of carboxylic acids is 1. The molecule has 0 bridgehead atoms. The van der Waals surface area contributed by atoms with E-state index in [2.05, 4.69) is 30.4 Å². The minimum Gasteiger partial charge on any atom is -0.480 e. The number of nitrogens with zero attached hydrogens (tertiary/aromatic N) is 2. The van der Waals surface area contributed by atoms with Crippen LogP contribution in [0.3, 0.4) is 0 Å². The molecule has 1 aliphatic carbocycles. The molecule has 1 amide bonds. The molecule has 2 unspecified atom stereocenters. The Morgan fingerprint density at radius 2 is 1.96 bits per heavy atom. The van der Waals surface area contributed by atoms with Crippen LogP contribution >= 0.6 is 0 Å².